The van der Waals surface area contributed by atoms with Crippen molar-refractivity contribution < 1.29 is 23.8 Å². The number of hydrogen-bond donors (Lipinski definition) is 0. The lowest BCUT2D eigenvalue weighted by Gasteiger charge is -2.10. The number of nitrogens with zero attached hydrogens (tertiary/aromatic N) is 1. The Hall–Kier alpha value is -2.93. The first-order chi connectivity index (χ1) is 12.6. The molecule has 0 atom stereocenters. The summed E-state index contributed by atoms with van der Waals surface area (Å²) in [5.74, 6) is 1.76. The van der Waals surface area contributed by atoms with Gasteiger partial charge in [0.15, 0.2) is 11.5 Å². The summed E-state index contributed by atoms with van der Waals surface area (Å²) < 4.78 is 16.6. The molecule has 0 bridgehead atoms. The van der Waals surface area contributed by atoms with Gasteiger partial charge in [-0.15, -0.1) is 0 Å². The zero-order valence-electron chi connectivity index (χ0n) is 13.9. The molecule has 2 aliphatic rings. The van der Waals surface area contributed by atoms with Gasteiger partial charge in [-0.25, -0.2) is 0 Å². The predicted molar refractivity (Wildman–Crippen MR) is 97.1 cm³/mol. The van der Waals surface area contributed by atoms with Gasteiger partial charge < -0.3 is 14.2 Å². The molecule has 26 heavy (non-hydrogen) atoms. The summed E-state index contributed by atoms with van der Waals surface area (Å²) in [6, 6.07) is 13.0. The molecular weight excluding hydrogens is 354 g/mol. The van der Waals surface area contributed by atoms with Crippen molar-refractivity contribution in [2.75, 3.05) is 13.8 Å². The summed E-state index contributed by atoms with van der Waals surface area (Å²) in [7, 11) is 1.47. The normalized spacial score (nSPS) is 17.3. The van der Waals surface area contributed by atoms with E-state index in [-0.39, 0.29) is 17.9 Å². The molecule has 7 heteroatoms. The molecular formula is C19H15NO5S. The van der Waals surface area contributed by atoms with Crippen LogP contribution in [0.25, 0.3) is 6.08 Å². The van der Waals surface area contributed by atoms with Crippen LogP contribution in [0.5, 0.6) is 17.2 Å². The molecule has 2 aliphatic heterocycles. The minimum absolute atomic E-state index is 0.231. The van der Waals surface area contributed by atoms with Gasteiger partial charge in [-0.2, -0.15) is 0 Å². The van der Waals surface area contributed by atoms with Gasteiger partial charge in [0, 0.05) is 12.6 Å². The molecule has 2 aromatic carbocycles. The number of para-hydroxylation sites is 1. The van der Waals surface area contributed by atoms with Crippen molar-refractivity contribution in [3.8, 4) is 17.2 Å². The first-order valence-corrected chi connectivity index (χ1v) is 8.75. The highest BCUT2D eigenvalue weighted by atomic mass is 32.2. The van der Waals surface area contributed by atoms with Gasteiger partial charge in [0.1, 0.15) is 12.4 Å². The summed E-state index contributed by atoms with van der Waals surface area (Å²) in [4.78, 5) is 25.2. The van der Waals surface area contributed by atoms with E-state index < -0.39 is 0 Å². The topological polar surface area (TPSA) is 65.1 Å². The molecule has 132 valence electrons. The molecule has 1 fully saturated rings. The molecule has 0 N–H and O–H groups in total. The molecule has 2 amide bonds. The Morgan fingerprint density at radius 3 is 2.77 bits per heavy atom. The Bertz CT molecular complexity index is 924. The maximum Gasteiger partial charge on any atom is 0.293 e. The molecule has 0 saturated carbocycles. The third-order valence-corrected chi connectivity index (χ3v) is 4.98. The van der Waals surface area contributed by atoms with Crippen molar-refractivity contribution in [3.63, 3.8) is 0 Å². The van der Waals surface area contributed by atoms with E-state index in [9.17, 15) is 9.59 Å². The second kappa shape index (κ2) is 6.76. The van der Waals surface area contributed by atoms with Crippen molar-refractivity contribution in [2.24, 2.45) is 0 Å². The molecule has 2 heterocycles. The highest BCUT2D eigenvalue weighted by Crippen LogP contribution is 2.34. The number of likely N-dealkylation sites (N-methyl/N-ethyl adjacent to an activating group) is 1. The summed E-state index contributed by atoms with van der Waals surface area (Å²) in [6.07, 6.45) is 1.68. The van der Waals surface area contributed by atoms with Crippen LogP contribution in [0.3, 0.4) is 0 Å². The number of ether oxygens (including phenoxy) is 3. The third-order valence-electron chi connectivity index (χ3n) is 4.02. The number of thioether (sulfide) groups is 1. The molecule has 0 spiro atoms. The molecule has 0 radical (unpaired) electrons. The Labute approximate surface area is 154 Å². The lowest BCUT2D eigenvalue weighted by Crippen LogP contribution is -2.22. The molecule has 4 rings (SSSR count). The maximum atomic E-state index is 12.1. The summed E-state index contributed by atoms with van der Waals surface area (Å²) in [5, 5.41) is -0.278. The molecule has 6 nitrogen and oxygen atoms in total. The minimum Gasteiger partial charge on any atom is -0.488 e. The van der Waals surface area contributed by atoms with Crippen LogP contribution in [0.1, 0.15) is 11.1 Å². The van der Waals surface area contributed by atoms with Gasteiger partial charge in [-0.1, -0.05) is 24.3 Å². The molecule has 0 aliphatic carbocycles. The summed E-state index contributed by atoms with van der Waals surface area (Å²) in [5.41, 5.74) is 1.69. The van der Waals surface area contributed by atoms with Gasteiger partial charge in [0.05, 0.1) is 4.91 Å². The Morgan fingerprint density at radius 1 is 1.15 bits per heavy atom. The van der Waals surface area contributed by atoms with Crippen LogP contribution in [0.2, 0.25) is 0 Å². The van der Waals surface area contributed by atoms with E-state index in [0.29, 0.717) is 23.0 Å². The average Bonchev–Trinajstić information content (AvgIpc) is 3.21. The zero-order valence-corrected chi connectivity index (χ0v) is 14.7. The second-order valence-corrected chi connectivity index (χ2v) is 6.75. The highest BCUT2D eigenvalue weighted by Gasteiger charge is 2.31. The van der Waals surface area contributed by atoms with Crippen molar-refractivity contribution in [1.82, 2.24) is 4.90 Å². The van der Waals surface area contributed by atoms with Gasteiger partial charge in [0.25, 0.3) is 11.1 Å². The Balaban J connectivity index is 1.53. The minimum atomic E-state index is -0.300. The van der Waals surface area contributed by atoms with Crippen LogP contribution in [-0.4, -0.2) is 29.9 Å². The number of rotatable bonds is 4. The summed E-state index contributed by atoms with van der Waals surface area (Å²) in [6.45, 7) is 0.575. The highest BCUT2D eigenvalue weighted by molar-refractivity contribution is 8.18. The number of hydrogen-bond acceptors (Lipinski definition) is 6. The van der Waals surface area contributed by atoms with E-state index in [2.05, 4.69) is 0 Å². The van der Waals surface area contributed by atoms with Crippen LogP contribution < -0.4 is 14.2 Å². The van der Waals surface area contributed by atoms with Crippen LogP contribution in [0, 0.1) is 0 Å². The fourth-order valence-corrected chi connectivity index (χ4v) is 3.43. The number of imide groups is 1. The van der Waals surface area contributed by atoms with Gasteiger partial charge >= 0.3 is 0 Å². The van der Waals surface area contributed by atoms with Crippen molar-refractivity contribution in [3.05, 3.63) is 58.5 Å². The van der Waals surface area contributed by atoms with E-state index in [0.717, 1.165) is 33.5 Å². The molecule has 0 unspecified atom stereocenters. The monoisotopic (exact) mass is 369 g/mol. The maximum absolute atomic E-state index is 12.1. The van der Waals surface area contributed by atoms with Crippen LogP contribution in [0.4, 0.5) is 4.79 Å². The quantitative estimate of drug-likeness (QED) is 0.767. The first kappa shape index (κ1) is 16.5. The first-order valence-electron chi connectivity index (χ1n) is 7.94. The fourth-order valence-electron chi connectivity index (χ4n) is 2.61. The van der Waals surface area contributed by atoms with E-state index in [4.69, 9.17) is 14.2 Å². The van der Waals surface area contributed by atoms with Gasteiger partial charge in [0.2, 0.25) is 6.79 Å². The Kier molecular flexibility index (Phi) is 4.30. The van der Waals surface area contributed by atoms with Crippen LogP contribution in [-0.2, 0) is 11.4 Å². The molecule has 0 aromatic heterocycles. The molecule has 1 saturated heterocycles. The van der Waals surface area contributed by atoms with E-state index >= 15 is 0 Å². The summed E-state index contributed by atoms with van der Waals surface area (Å²) >= 11 is 0.926. The average molecular weight is 369 g/mol. The lowest BCUT2D eigenvalue weighted by molar-refractivity contribution is -0.121. The van der Waals surface area contributed by atoms with Crippen LogP contribution >= 0.6 is 11.8 Å². The smallest absolute Gasteiger partial charge is 0.293 e. The van der Waals surface area contributed by atoms with Crippen molar-refractivity contribution in [2.45, 2.75) is 6.61 Å². The number of carbonyl (C=O) groups is 2. The number of amides is 2. The van der Waals surface area contributed by atoms with Crippen LogP contribution in [0.15, 0.2) is 47.4 Å². The number of fused-ring (bicyclic) bond motifs is 1. The number of benzene rings is 2. The SMILES string of the molecule is CN1C(=O)S/C(=C\c2ccccc2OCc2ccc3c(c2)OCO3)C1=O. The lowest BCUT2D eigenvalue weighted by atomic mass is 10.1. The van der Waals surface area contributed by atoms with E-state index in [1.165, 1.54) is 7.05 Å². The second-order valence-electron chi connectivity index (χ2n) is 5.75. The fraction of sp³-hybridized carbons (Fsp3) is 0.158. The van der Waals surface area contributed by atoms with Crippen molar-refractivity contribution in [1.29, 1.82) is 0 Å². The van der Waals surface area contributed by atoms with Gasteiger partial charge in [-0.3, -0.25) is 14.5 Å². The number of carbonyl (C=O) groups excluding carboxylic acids is 2. The largest absolute Gasteiger partial charge is 0.488 e. The standard InChI is InChI=1S/C19H15NO5S/c1-20-18(21)17(26-19(20)22)9-13-4-2-3-5-14(13)23-10-12-6-7-15-16(8-12)25-11-24-15/h2-9H,10-11H2,1H3/b17-9-. The van der Waals surface area contributed by atoms with Gasteiger partial charge in [-0.05, 0) is 41.6 Å². The third kappa shape index (κ3) is 3.13. The van der Waals surface area contributed by atoms with E-state index in [1.54, 1.807) is 6.08 Å². The zero-order chi connectivity index (χ0) is 18.1. The molecule has 2 aromatic rings. The Morgan fingerprint density at radius 2 is 1.96 bits per heavy atom. The predicted octanol–water partition coefficient (Wildman–Crippen LogP) is 3.66. The van der Waals surface area contributed by atoms with E-state index in [1.807, 2.05) is 42.5 Å². The van der Waals surface area contributed by atoms with Crippen molar-refractivity contribution >= 4 is 29.0 Å².